The lowest BCUT2D eigenvalue weighted by Gasteiger charge is -2.38. The Bertz CT molecular complexity index is 1490. The standard InChI is InChI=1S/C32H33F3N4O3/c1-4-31(41)37-24-7-5-6-20(12-24)13-28-27(32(33,34)35)18-36-30(38-28)17-22-9-8-21(16-29(22)42-3)23-14-25-10-11-26(15-23)39(25)19(2)40/h4-9,12,16,18,23,25-26H,1,10-11,13-15,17H2,2-3H3,(H,37,41). The number of carbonyl (C=O) groups is 2. The van der Waals surface area contributed by atoms with Crippen molar-refractivity contribution in [2.75, 3.05) is 12.4 Å². The number of piperidine rings is 1. The summed E-state index contributed by atoms with van der Waals surface area (Å²) in [4.78, 5) is 34.2. The van der Waals surface area contributed by atoms with E-state index >= 15 is 0 Å². The Morgan fingerprint density at radius 3 is 2.50 bits per heavy atom. The van der Waals surface area contributed by atoms with Crippen molar-refractivity contribution in [3.63, 3.8) is 0 Å². The Morgan fingerprint density at radius 2 is 1.86 bits per heavy atom. The third kappa shape index (κ3) is 6.32. The highest BCUT2D eigenvalue weighted by Crippen LogP contribution is 2.44. The molecule has 0 spiro atoms. The van der Waals surface area contributed by atoms with Crippen LogP contribution in [0.15, 0.2) is 61.3 Å². The Morgan fingerprint density at radius 1 is 1.12 bits per heavy atom. The second-order valence-electron chi connectivity index (χ2n) is 10.9. The fourth-order valence-corrected chi connectivity index (χ4v) is 6.36. The maximum absolute atomic E-state index is 13.9. The Hall–Kier alpha value is -4.21. The molecule has 2 bridgehead atoms. The van der Waals surface area contributed by atoms with Crippen molar-refractivity contribution in [2.24, 2.45) is 0 Å². The van der Waals surface area contributed by atoms with Gasteiger partial charge in [-0.1, -0.05) is 30.8 Å². The van der Waals surface area contributed by atoms with Crippen LogP contribution in [0.1, 0.15) is 72.3 Å². The second kappa shape index (κ2) is 12.0. The molecule has 2 aliphatic rings. The molecule has 1 N–H and O–H groups in total. The van der Waals surface area contributed by atoms with Gasteiger partial charge in [-0.2, -0.15) is 13.2 Å². The average Bonchev–Trinajstić information content (AvgIpc) is 3.22. The molecule has 2 aliphatic heterocycles. The normalized spacial score (nSPS) is 19.8. The summed E-state index contributed by atoms with van der Waals surface area (Å²) in [6.07, 6.45) is 1.28. The fraction of sp³-hybridized carbons (Fsp3) is 0.375. The van der Waals surface area contributed by atoms with Crippen molar-refractivity contribution in [2.45, 2.75) is 69.6 Å². The van der Waals surface area contributed by atoms with Gasteiger partial charge >= 0.3 is 6.18 Å². The summed E-state index contributed by atoms with van der Waals surface area (Å²) < 4.78 is 47.3. The SMILES string of the molecule is C=CC(=O)Nc1cccc(Cc2nc(Cc3ccc(C4CC5CCC(C4)N5C(C)=O)cc3OC)ncc2C(F)(F)F)c1. The molecule has 0 aliphatic carbocycles. The van der Waals surface area contributed by atoms with Crippen LogP contribution in [-0.4, -0.2) is 45.9 Å². The maximum atomic E-state index is 13.9. The Balaban J connectivity index is 1.38. The summed E-state index contributed by atoms with van der Waals surface area (Å²) >= 11 is 0. The monoisotopic (exact) mass is 578 g/mol. The van der Waals surface area contributed by atoms with E-state index in [9.17, 15) is 22.8 Å². The molecule has 10 heteroatoms. The van der Waals surface area contributed by atoms with Gasteiger partial charge in [0.2, 0.25) is 11.8 Å². The van der Waals surface area contributed by atoms with E-state index in [2.05, 4.69) is 21.9 Å². The molecule has 42 heavy (non-hydrogen) atoms. The molecule has 2 amide bonds. The van der Waals surface area contributed by atoms with Crippen LogP contribution in [0.4, 0.5) is 18.9 Å². The predicted molar refractivity (Wildman–Crippen MR) is 152 cm³/mol. The number of ether oxygens (including phenoxy) is 1. The van der Waals surface area contributed by atoms with Crippen LogP contribution in [0.5, 0.6) is 5.75 Å². The van der Waals surface area contributed by atoms with Gasteiger partial charge in [0, 0.05) is 49.3 Å². The number of hydrogen-bond donors (Lipinski definition) is 1. The molecule has 2 aromatic carbocycles. The van der Waals surface area contributed by atoms with Gasteiger partial charge in [0.05, 0.1) is 18.4 Å². The smallest absolute Gasteiger partial charge is 0.419 e. The van der Waals surface area contributed by atoms with Gasteiger partial charge in [0.1, 0.15) is 11.6 Å². The van der Waals surface area contributed by atoms with Crippen molar-refractivity contribution in [3.8, 4) is 5.75 Å². The molecule has 2 saturated heterocycles. The molecular formula is C32H33F3N4O3. The van der Waals surface area contributed by atoms with E-state index in [-0.39, 0.29) is 42.4 Å². The number of methoxy groups -OCH3 is 1. The van der Waals surface area contributed by atoms with Crippen molar-refractivity contribution in [3.05, 3.63) is 95.1 Å². The molecule has 7 nitrogen and oxygen atoms in total. The molecule has 0 radical (unpaired) electrons. The first kappa shape index (κ1) is 29.3. The minimum absolute atomic E-state index is 0.0977. The first-order valence-corrected chi connectivity index (χ1v) is 14.0. The number of nitrogens with one attached hydrogen (secondary N) is 1. The Labute approximate surface area is 242 Å². The summed E-state index contributed by atoms with van der Waals surface area (Å²) in [6, 6.07) is 13.1. The van der Waals surface area contributed by atoms with Gasteiger partial charge in [0.25, 0.3) is 0 Å². The summed E-state index contributed by atoms with van der Waals surface area (Å²) in [5, 5.41) is 2.62. The number of hydrogen-bond acceptors (Lipinski definition) is 5. The van der Waals surface area contributed by atoms with Crippen molar-refractivity contribution in [1.82, 2.24) is 14.9 Å². The third-order valence-corrected chi connectivity index (χ3v) is 8.20. The molecule has 2 fully saturated rings. The van der Waals surface area contributed by atoms with Crippen LogP contribution < -0.4 is 10.1 Å². The lowest BCUT2D eigenvalue weighted by molar-refractivity contribution is -0.138. The first-order valence-electron chi connectivity index (χ1n) is 14.0. The topological polar surface area (TPSA) is 84.4 Å². The number of halogens is 3. The molecule has 220 valence electrons. The van der Waals surface area contributed by atoms with Gasteiger partial charge < -0.3 is 15.0 Å². The minimum Gasteiger partial charge on any atom is -0.496 e. The van der Waals surface area contributed by atoms with E-state index in [1.54, 1.807) is 38.3 Å². The maximum Gasteiger partial charge on any atom is 0.419 e. The quantitative estimate of drug-likeness (QED) is 0.328. The second-order valence-corrected chi connectivity index (χ2v) is 10.9. The molecule has 0 saturated carbocycles. The largest absolute Gasteiger partial charge is 0.496 e. The highest BCUT2D eigenvalue weighted by atomic mass is 19.4. The van der Waals surface area contributed by atoms with E-state index in [1.807, 2.05) is 23.1 Å². The number of aromatic nitrogens is 2. The molecular weight excluding hydrogens is 545 g/mol. The van der Waals surface area contributed by atoms with E-state index in [4.69, 9.17) is 4.74 Å². The van der Waals surface area contributed by atoms with Crippen molar-refractivity contribution in [1.29, 1.82) is 0 Å². The number of benzene rings is 2. The van der Waals surface area contributed by atoms with Crippen LogP contribution >= 0.6 is 0 Å². The van der Waals surface area contributed by atoms with Gasteiger partial charge in [-0.25, -0.2) is 9.97 Å². The van der Waals surface area contributed by atoms with E-state index in [0.29, 0.717) is 22.9 Å². The van der Waals surface area contributed by atoms with Crippen LogP contribution in [0, 0.1) is 0 Å². The van der Waals surface area contributed by atoms with Crippen LogP contribution in [0.25, 0.3) is 0 Å². The lowest BCUT2D eigenvalue weighted by Crippen LogP contribution is -2.44. The van der Waals surface area contributed by atoms with Crippen molar-refractivity contribution < 1.29 is 27.5 Å². The number of anilines is 1. The molecule has 5 rings (SSSR count). The number of amides is 2. The van der Waals surface area contributed by atoms with E-state index in [1.165, 1.54) is 0 Å². The number of alkyl halides is 3. The Kier molecular flexibility index (Phi) is 8.34. The highest BCUT2D eigenvalue weighted by Gasteiger charge is 2.42. The highest BCUT2D eigenvalue weighted by molar-refractivity contribution is 5.98. The lowest BCUT2D eigenvalue weighted by atomic mass is 9.84. The number of fused-ring (bicyclic) bond motifs is 2. The number of carbonyl (C=O) groups excluding carboxylic acids is 2. The predicted octanol–water partition coefficient (Wildman–Crippen LogP) is 6.07. The molecule has 3 heterocycles. The number of nitrogens with zero attached hydrogens (tertiary/aromatic N) is 3. The average molecular weight is 579 g/mol. The fourth-order valence-electron chi connectivity index (χ4n) is 6.36. The number of rotatable bonds is 8. The summed E-state index contributed by atoms with van der Waals surface area (Å²) in [7, 11) is 1.57. The van der Waals surface area contributed by atoms with Crippen LogP contribution in [0.3, 0.4) is 0 Å². The zero-order chi connectivity index (χ0) is 30.0. The van der Waals surface area contributed by atoms with E-state index in [0.717, 1.165) is 49.1 Å². The van der Waals surface area contributed by atoms with Crippen molar-refractivity contribution >= 4 is 17.5 Å². The summed E-state index contributed by atoms with van der Waals surface area (Å²) in [5.41, 5.74) is 1.85. The third-order valence-electron chi connectivity index (χ3n) is 8.20. The molecule has 2 atom stereocenters. The zero-order valence-corrected chi connectivity index (χ0v) is 23.6. The summed E-state index contributed by atoms with van der Waals surface area (Å²) in [5.74, 6) is 0.901. The summed E-state index contributed by atoms with van der Waals surface area (Å²) in [6.45, 7) is 5.05. The molecule has 1 aromatic heterocycles. The first-order chi connectivity index (χ1) is 20.0. The van der Waals surface area contributed by atoms with Crippen LogP contribution in [-0.2, 0) is 28.6 Å². The van der Waals surface area contributed by atoms with Crippen LogP contribution in [0.2, 0.25) is 0 Å². The van der Waals surface area contributed by atoms with Gasteiger partial charge in [-0.15, -0.1) is 0 Å². The minimum atomic E-state index is -4.63. The zero-order valence-electron chi connectivity index (χ0n) is 23.6. The van der Waals surface area contributed by atoms with Gasteiger partial charge in [-0.05, 0) is 67.0 Å². The van der Waals surface area contributed by atoms with Gasteiger partial charge in [-0.3, -0.25) is 9.59 Å². The van der Waals surface area contributed by atoms with Gasteiger partial charge in [0.15, 0.2) is 0 Å². The molecule has 3 aromatic rings. The van der Waals surface area contributed by atoms with E-state index < -0.39 is 17.6 Å². The molecule has 2 unspecified atom stereocenters.